The molecule has 1 atom stereocenters. The number of hydrogen-bond acceptors (Lipinski definition) is 3. The highest BCUT2D eigenvalue weighted by atomic mass is 16.5. The predicted molar refractivity (Wildman–Crippen MR) is 80.0 cm³/mol. The molecule has 1 aromatic rings. The molecule has 110 valence electrons. The minimum atomic E-state index is -0.380. The number of benzene rings is 1. The lowest BCUT2D eigenvalue weighted by atomic mass is 10.2. The molecular weight excluding hydrogens is 252 g/mol. The van der Waals surface area contributed by atoms with Gasteiger partial charge in [-0.15, -0.1) is 0 Å². The SMILES string of the molecule is CCC(Oc1cccc(C)c1)C(=O)N1CCCNCC1. The summed E-state index contributed by atoms with van der Waals surface area (Å²) in [6, 6.07) is 7.86. The molecule has 1 unspecified atom stereocenters. The van der Waals surface area contributed by atoms with E-state index >= 15 is 0 Å². The topological polar surface area (TPSA) is 41.6 Å². The fourth-order valence-electron chi connectivity index (χ4n) is 2.43. The number of nitrogens with zero attached hydrogens (tertiary/aromatic N) is 1. The van der Waals surface area contributed by atoms with E-state index in [1.54, 1.807) is 0 Å². The van der Waals surface area contributed by atoms with E-state index in [1.807, 2.05) is 43.0 Å². The number of hydrogen-bond donors (Lipinski definition) is 1. The summed E-state index contributed by atoms with van der Waals surface area (Å²) in [5.74, 6) is 0.885. The number of amides is 1. The Morgan fingerprint density at radius 1 is 1.40 bits per heavy atom. The molecule has 0 bridgehead atoms. The van der Waals surface area contributed by atoms with Gasteiger partial charge in [0.2, 0.25) is 0 Å². The Morgan fingerprint density at radius 3 is 3.00 bits per heavy atom. The molecule has 1 N–H and O–H groups in total. The smallest absolute Gasteiger partial charge is 0.263 e. The highest BCUT2D eigenvalue weighted by Gasteiger charge is 2.25. The summed E-state index contributed by atoms with van der Waals surface area (Å²) in [4.78, 5) is 14.5. The third-order valence-electron chi connectivity index (χ3n) is 3.57. The van der Waals surface area contributed by atoms with E-state index < -0.39 is 0 Å². The first-order chi connectivity index (χ1) is 9.70. The molecule has 1 fully saturated rings. The Hall–Kier alpha value is -1.55. The minimum Gasteiger partial charge on any atom is -0.481 e. The predicted octanol–water partition coefficient (Wildman–Crippen LogP) is 1.97. The van der Waals surface area contributed by atoms with Crippen LogP contribution in [0.1, 0.15) is 25.3 Å². The first kappa shape index (κ1) is 14.9. The van der Waals surface area contributed by atoms with Crippen molar-refractivity contribution < 1.29 is 9.53 Å². The van der Waals surface area contributed by atoms with E-state index in [-0.39, 0.29) is 12.0 Å². The first-order valence-electron chi connectivity index (χ1n) is 7.43. The Bertz CT molecular complexity index is 440. The molecule has 1 aliphatic heterocycles. The van der Waals surface area contributed by atoms with Crippen molar-refractivity contribution in [1.29, 1.82) is 0 Å². The molecular formula is C16H24N2O2. The first-order valence-corrected chi connectivity index (χ1v) is 7.43. The van der Waals surface area contributed by atoms with Crippen molar-refractivity contribution in [3.63, 3.8) is 0 Å². The molecule has 4 heteroatoms. The van der Waals surface area contributed by atoms with Crippen LogP contribution in [-0.2, 0) is 4.79 Å². The Morgan fingerprint density at radius 2 is 2.25 bits per heavy atom. The normalized spacial score (nSPS) is 17.4. The van der Waals surface area contributed by atoms with Gasteiger partial charge in [0.25, 0.3) is 5.91 Å². The van der Waals surface area contributed by atoms with Crippen LogP contribution in [0.15, 0.2) is 24.3 Å². The van der Waals surface area contributed by atoms with Gasteiger partial charge in [0.05, 0.1) is 0 Å². The van der Waals surface area contributed by atoms with Crippen LogP contribution in [0.2, 0.25) is 0 Å². The summed E-state index contributed by atoms with van der Waals surface area (Å²) in [5, 5.41) is 3.31. The van der Waals surface area contributed by atoms with Crippen LogP contribution in [0.5, 0.6) is 5.75 Å². The van der Waals surface area contributed by atoms with Gasteiger partial charge in [-0.3, -0.25) is 4.79 Å². The Kier molecular flexibility index (Phi) is 5.41. The van der Waals surface area contributed by atoms with Gasteiger partial charge >= 0.3 is 0 Å². The van der Waals surface area contributed by atoms with Gasteiger partial charge in [-0.1, -0.05) is 19.1 Å². The van der Waals surface area contributed by atoms with E-state index in [9.17, 15) is 4.79 Å². The Labute approximate surface area is 121 Å². The third kappa shape index (κ3) is 3.97. The van der Waals surface area contributed by atoms with E-state index in [4.69, 9.17) is 4.74 Å². The zero-order chi connectivity index (χ0) is 14.4. The highest BCUT2D eigenvalue weighted by Crippen LogP contribution is 2.16. The second-order valence-corrected chi connectivity index (χ2v) is 5.26. The van der Waals surface area contributed by atoms with Crippen LogP contribution >= 0.6 is 0 Å². The summed E-state index contributed by atoms with van der Waals surface area (Å²) in [7, 11) is 0. The largest absolute Gasteiger partial charge is 0.481 e. The van der Waals surface area contributed by atoms with E-state index in [1.165, 1.54) is 0 Å². The molecule has 1 amide bonds. The summed E-state index contributed by atoms with van der Waals surface area (Å²) in [6.45, 7) is 7.46. The summed E-state index contributed by atoms with van der Waals surface area (Å²) in [5.41, 5.74) is 1.14. The third-order valence-corrected chi connectivity index (χ3v) is 3.57. The number of carbonyl (C=O) groups excluding carboxylic acids is 1. The molecule has 1 saturated heterocycles. The zero-order valence-electron chi connectivity index (χ0n) is 12.4. The van der Waals surface area contributed by atoms with Crippen molar-refractivity contribution in [2.24, 2.45) is 0 Å². The van der Waals surface area contributed by atoms with Gasteiger partial charge in [0.1, 0.15) is 5.75 Å². The lowest BCUT2D eigenvalue weighted by molar-refractivity contribution is -0.138. The Balaban J connectivity index is 2.01. The van der Waals surface area contributed by atoms with Crippen molar-refractivity contribution in [3.8, 4) is 5.75 Å². The molecule has 0 aromatic heterocycles. The minimum absolute atomic E-state index is 0.109. The average Bonchev–Trinajstić information content (AvgIpc) is 2.73. The van der Waals surface area contributed by atoms with E-state index in [2.05, 4.69) is 5.32 Å². The fraction of sp³-hybridized carbons (Fsp3) is 0.562. The monoisotopic (exact) mass is 276 g/mol. The number of nitrogens with one attached hydrogen (secondary N) is 1. The molecule has 0 saturated carbocycles. The van der Waals surface area contributed by atoms with Crippen LogP contribution in [0, 0.1) is 6.92 Å². The van der Waals surface area contributed by atoms with Gasteiger partial charge in [0, 0.05) is 19.6 Å². The maximum atomic E-state index is 12.5. The van der Waals surface area contributed by atoms with Crippen molar-refractivity contribution >= 4 is 5.91 Å². The van der Waals surface area contributed by atoms with Crippen molar-refractivity contribution in [3.05, 3.63) is 29.8 Å². The summed E-state index contributed by atoms with van der Waals surface area (Å²) >= 11 is 0. The number of rotatable bonds is 4. The molecule has 1 aliphatic rings. The van der Waals surface area contributed by atoms with Crippen molar-refractivity contribution in [2.45, 2.75) is 32.8 Å². The van der Waals surface area contributed by atoms with Crippen molar-refractivity contribution in [2.75, 3.05) is 26.2 Å². The molecule has 0 spiro atoms. The van der Waals surface area contributed by atoms with E-state index in [0.717, 1.165) is 43.9 Å². The molecule has 0 aliphatic carbocycles. The number of ether oxygens (including phenoxy) is 1. The maximum absolute atomic E-state index is 12.5. The second kappa shape index (κ2) is 7.29. The standard InChI is InChI=1S/C16H24N2O2/c1-3-15(20-14-7-4-6-13(2)12-14)16(19)18-10-5-8-17-9-11-18/h4,6-7,12,15,17H,3,5,8-11H2,1-2H3. The number of carbonyl (C=O) groups is 1. The molecule has 2 rings (SSSR count). The van der Waals surface area contributed by atoms with Crippen LogP contribution < -0.4 is 10.1 Å². The van der Waals surface area contributed by atoms with Crippen LogP contribution in [-0.4, -0.2) is 43.1 Å². The number of aryl methyl sites for hydroxylation is 1. The van der Waals surface area contributed by atoms with Crippen LogP contribution in [0.25, 0.3) is 0 Å². The van der Waals surface area contributed by atoms with Gasteiger partial charge < -0.3 is 15.0 Å². The van der Waals surface area contributed by atoms with Gasteiger partial charge in [-0.2, -0.15) is 0 Å². The zero-order valence-corrected chi connectivity index (χ0v) is 12.4. The fourth-order valence-corrected chi connectivity index (χ4v) is 2.43. The second-order valence-electron chi connectivity index (χ2n) is 5.26. The maximum Gasteiger partial charge on any atom is 0.263 e. The van der Waals surface area contributed by atoms with Crippen LogP contribution in [0.4, 0.5) is 0 Å². The summed E-state index contributed by atoms with van der Waals surface area (Å²) in [6.07, 6.45) is 1.32. The highest BCUT2D eigenvalue weighted by molar-refractivity contribution is 5.81. The van der Waals surface area contributed by atoms with E-state index in [0.29, 0.717) is 6.42 Å². The molecule has 0 radical (unpaired) electrons. The lowest BCUT2D eigenvalue weighted by Gasteiger charge is -2.25. The quantitative estimate of drug-likeness (QED) is 0.914. The molecule has 1 heterocycles. The van der Waals surface area contributed by atoms with Gasteiger partial charge in [0.15, 0.2) is 6.10 Å². The van der Waals surface area contributed by atoms with Crippen LogP contribution in [0.3, 0.4) is 0 Å². The molecule has 20 heavy (non-hydrogen) atoms. The molecule has 1 aromatic carbocycles. The average molecular weight is 276 g/mol. The summed E-state index contributed by atoms with van der Waals surface area (Å²) < 4.78 is 5.89. The molecule has 4 nitrogen and oxygen atoms in total. The van der Waals surface area contributed by atoms with Crippen molar-refractivity contribution in [1.82, 2.24) is 10.2 Å². The van der Waals surface area contributed by atoms with Gasteiger partial charge in [-0.05, 0) is 44.0 Å². The van der Waals surface area contributed by atoms with Gasteiger partial charge in [-0.25, -0.2) is 0 Å². The lowest BCUT2D eigenvalue weighted by Crippen LogP contribution is -2.43.